The minimum Gasteiger partial charge on any atom is -0.320 e. The predicted octanol–water partition coefficient (Wildman–Crippen LogP) is 6.30. The van der Waals surface area contributed by atoms with Crippen molar-refractivity contribution in [2.24, 2.45) is 0 Å². The van der Waals surface area contributed by atoms with Crippen LogP contribution in [0.2, 0.25) is 0 Å². The number of rotatable bonds is 2. The number of aryl methyl sites for hydroxylation is 1. The van der Waals surface area contributed by atoms with Crippen molar-refractivity contribution in [3.63, 3.8) is 0 Å². The Morgan fingerprint density at radius 1 is 0.950 bits per heavy atom. The van der Waals surface area contributed by atoms with Gasteiger partial charge >= 0.3 is 0 Å². The molecular weight excluding hydrogens is 518 g/mol. The van der Waals surface area contributed by atoms with Crippen LogP contribution < -0.4 is 5.32 Å². The Bertz CT molecular complexity index is 662. The first kappa shape index (κ1) is 16.2. The summed E-state index contributed by atoms with van der Waals surface area (Å²) in [5.74, 6) is -0.172. The summed E-state index contributed by atoms with van der Waals surface area (Å²) in [6, 6.07) is 9.35. The van der Waals surface area contributed by atoms with Gasteiger partial charge in [0, 0.05) is 17.9 Å². The first-order chi connectivity index (χ1) is 9.38. The monoisotopic (exact) mass is 523 g/mol. The summed E-state index contributed by atoms with van der Waals surface area (Å²) in [5, 5.41) is 2.90. The summed E-state index contributed by atoms with van der Waals surface area (Å²) < 4.78 is 3.33. The van der Waals surface area contributed by atoms with Crippen LogP contribution in [0.4, 0.5) is 5.69 Å². The number of hydrogen-bond acceptors (Lipinski definition) is 1. The minimum absolute atomic E-state index is 0.172. The van der Waals surface area contributed by atoms with E-state index in [-0.39, 0.29) is 5.91 Å². The van der Waals surface area contributed by atoms with Crippen molar-refractivity contribution >= 4 is 75.3 Å². The van der Waals surface area contributed by atoms with Crippen molar-refractivity contribution in [2.45, 2.75) is 6.92 Å². The molecule has 2 aromatic carbocycles. The number of hydrogen-bond donors (Lipinski definition) is 1. The Hall–Kier alpha value is -0.170. The van der Waals surface area contributed by atoms with E-state index in [1.807, 2.05) is 31.2 Å². The lowest BCUT2D eigenvalue weighted by Gasteiger charge is -2.12. The molecule has 1 amide bonds. The molecule has 0 bridgehead atoms. The molecule has 0 saturated carbocycles. The van der Waals surface area contributed by atoms with Gasteiger partial charge in [0.15, 0.2) is 0 Å². The zero-order valence-electron chi connectivity index (χ0n) is 10.3. The fourth-order valence-electron chi connectivity index (χ4n) is 1.67. The Morgan fingerprint density at radius 3 is 2.10 bits per heavy atom. The molecule has 2 rings (SSSR count). The molecule has 0 radical (unpaired) electrons. The summed E-state index contributed by atoms with van der Waals surface area (Å²) in [5.41, 5.74) is 2.40. The lowest BCUT2D eigenvalue weighted by Crippen LogP contribution is -2.13. The maximum absolute atomic E-state index is 12.3. The fraction of sp³-hybridized carbons (Fsp3) is 0.0714. The zero-order chi connectivity index (χ0) is 14.9. The Balaban J connectivity index is 2.33. The molecule has 2 aromatic rings. The van der Waals surface area contributed by atoms with Crippen LogP contribution in [0.1, 0.15) is 15.9 Å². The van der Waals surface area contributed by atoms with Gasteiger partial charge in [0.25, 0.3) is 5.91 Å². The number of carbonyl (C=O) groups excluding carboxylic acids is 1. The van der Waals surface area contributed by atoms with Crippen LogP contribution in [0.3, 0.4) is 0 Å². The van der Waals surface area contributed by atoms with Crippen molar-refractivity contribution in [3.05, 3.63) is 59.3 Å². The first-order valence-corrected chi connectivity index (χ1v) is 8.77. The van der Waals surface area contributed by atoms with Crippen molar-refractivity contribution in [1.82, 2.24) is 0 Å². The predicted molar refractivity (Wildman–Crippen MR) is 96.4 cm³/mol. The number of nitrogens with one attached hydrogen (secondary N) is 1. The van der Waals surface area contributed by atoms with Crippen molar-refractivity contribution in [2.75, 3.05) is 5.32 Å². The summed E-state index contributed by atoms with van der Waals surface area (Å²) >= 11 is 13.7. The van der Waals surface area contributed by atoms with Gasteiger partial charge in [-0.2, -0.15) is 0 Å². The molecule has 0 heterocycles. The van der Waals surface area contributed by atoms with E-state index in [0.29, 0.717) is 5.56 Å². The topological polar surface area (TPSA) is 29.1 Å². The van der Waals surface area contributed by atoms with E-state index in [9.17, 15) is 4.79 Å². The molecule has 0 aliphatic carbocycles. The average Bonchev–Trinajstić information content (AvgIpc) is 2.33. The molecule has 1 N–H and O–H groups in total. The normalized spacial score (nSPS) is 10.4. The Kier molecular flexibility index (Phi) is 5.45. The lowest BCUT2D eigenvalue weighted by molar-refractivity contribution is 0.102. The van der Waals surface area contributed by atoms with Gasteiger partial charge < -0.3 is 5.32 Å². The third-order valence-corrected chi connectivity index (χ3v) is 5.00. The van der Waals surface area contributed by atoms with Crippen molar-refractivity contribution < 1.29 is 4.79 Å². The average molecular weight is 527 g/mol. The van der Waals surface area contributed by atoms with Crippen LogP contribution in [0.25, 0.3) is 0 Å². The molecule has 6 heteroatoms. The van der Waals surface area contributed by atoms with E-state index in [2.05, 4.69) is 69.0 Å². The second-order valence-corrected chi connectivity index (χ2v) is 7.66. The largest absolute Gasteiger partial charge is 0.320 e. The molecule has 0 unspecified atom stereocenters. The van der Waals surface area contributed by atoms with E-state index in [1.165, 1.54) is 0 Å². The smallest absolute Gasteiger partial charge is 0.256 e. The van der Waals surface area contributed by atoms with E-state index in [0.717, 1.165) is 29.1 Å². The molecule has 0 saturated heterocycles. The third kappa shape index (κ3) is 3.72. The van der Waals surface area contributed by atoms with Gasteiger partial charge in [-0.05, 0) is 90.6 Å². The maximum Gasteiger partial charge on any atom is 0.256 e. The second-order valence-electron chi connectivity index (χ2n) is 4.18. The van der Waals surface area contributed by atoms with Crippen LogP contribution in [-0.2, 0) is 0 Å². The maximum atomic E-state index is 12.3. The quantitative estimate of drug-likeness (QED) is 0.489. The molecule has 0 atom stereocenters. The third-order valence-electron chi connectivity index (χ3n) is 2.60. The van der Waals surface area contributed by atoms with Gasteiger partial charge in [-0.25, -0.2) is 0 Å². The second kappa shape index (κ2) is 6.73. The van der Waals surface area contributed by atoms with E-state index >= 15 is 0 Å². The van der Waals surface area contributed by atoms with Gasteiger partial charge in [-0.3, -0.25) is 4.79 Å². The molecule has 0 fully saturated rings. The molecule has 0 aromatic heterocycles. The molecule has 0 aliphatic rings. The van der Waals surface area contributed by atoms with Gasteiger partial charge in [-0.1, -0.05) is 15.9 Å². The Morgan fingerprint density at radius 2 is 1.55 bits per heavy atom. The molecule has 0 aliphatic heterocycles. The number of halogens is 4. The van der Waals surface area contributed by atoms with Crippen molar-refractivity contribution in [3.8, 4) is 0 Å². The molecular formula is C14H9Br4NO. The summed E-state index contributed by atoms with van der Waals surface area (Å²) in [4.78, 5) is 12.3. The van der Waals surface area contributed by atoms with Crippen molar-refractivity contribution in [1.29, 1.82) is 0 Å². The van der Waals surface area contributed by atoms with Crippen LogP contribution in [0, 0.1) is 6.92 Å². The SMILES string of the molecule is Cc1cc(Br)c(NC(=O)c2ccc(Br)cc2Br)c(Br)c1. The highest BCUT2D eigenvalue weighted by Gasteiger charge is 2.14. The summed E-state index contributed by atoms with van der Waals surface area (Å²) in [6.45, 7) is 1.99. The van der Waals surface area contributed by atoms with Gasteiger partial charge in [0.05, 0.1) is 11.3 Å². The number of amides is 1. The molecule has 2 nitrogen and oxygen atoms in total. The highest BCUT2D eigenvalue weighted by atomic mass is 79.9. The summed E-state index contributed by atoms with van der Waals surface area (Å²) in [7, 11) is 0. The highest BCUT2D eigenvalue weighted by molar-refractivity contribution is 9.11. The Labute approximate surface area is 150 Å². The van der Waals surface area contributed by atoms with E-state index < -0.39 is 0 Å². The number of anilines is 1. The lowest BCUT2D eigenvalue weighted by atomic mass is 10.2. The summed E-state index contributed by atoms with van der Waals surface area (Å²) in [6.07, 6.45) is 0. The number of benzene rings is 2. The highest BCUT2D eigenvalue weighted by Crippen LogP contribution is 2.33. The number of carbonyl (C=O) groups is 1. The molecule has 104 valence electrons. The van der Waals surface area contributed by atoms with Crippen LogP contribution in [-0.4, -0.2) is 5.91 Å². The minimum atomic E-state index is -0.172. The van der Waals surface area contributed by atoms with E-state index in [4.69, 9.17) is 0 Å². The fourth-order valence-corrected chi connectivity index (χ4v) is 4.51. The zero-order valence-corrected chi connectivity index (χ0v) is 16.7. The van der Waals surface area contributed by atoms with Gasteiger partial charge in [0.1, 0.15) is 0 Å². The first-order valence-electron chi connectivity index (χ1n) is 5.60. The molecule has 20 heavy (non-hydrogen) atoms. The van der Waals surface area contributed by atoms with Gasteiger partial charge in [-0.15, -0.1) is 0 Å². The van der Waals surface area contributed by atoms with E-state index in [1.54, 1.807) is 6.07 Å². The van der Waals surface area contributed by atoms with Crippen LogP contribution in [0.5, 0.6) is 0 Å². The standard InChI is InChI=1S/C14H9Br4NO/c1-7-4-11(17)13(12(18)5-7)19-14(20)9-3-2-8(15)6-10(9)16/h2-6H,1H3,(H,19,20). The van der Waals surface area contributed by atoms with Gasteiger partial charge in [0.2, 0.25) is 0 Å². The van der Waals surface area contributed by atoms with Crippen LogP contribution in [0.15, 0.2) is 48.2 Å². The van der Waals surface area contributed by atoms with Crippen LogP contribution >= 0.6 is 63.7 Å². The molecule has 0 spiro atoms.